The van der Waals surface area contributed by atoms with E-state index in [1.54, 1.807) is 0 Å². The number of rotatable bonds is 4. The van der Waals surface area contributed by atoms with Gasteiger partial charge in [-0.3, -0.25) is 4.79 Å². The van der Waals surface area contributed by atoms with Crippen molar-refractivity contribution >= 4 is 5.91 Å². The fourth-order valence-electron chi connectivity index (χ4n) is 3.84. The molecule has 1 spiro atoms. The first-order chi connectivity index (χ1) is 12.0. The van der Waals surface area contributed by atoms with Crippen molar-refractivity contribution in [2.24, 2.45) is 0 Å². The van der Waals surface area contributed by atoms with Crippen molar-refractivity contribution in [2.45, 2.75) is 43.3 Å². The molecule has 0 unspecified atom stereocenters. The van der Waals surface area contributed by atoms with Gasteiger partial charge in [0.05, 0.1) is 25.9 Å². The molecule has 7 nitrogen and oxygen atoms in total. The molecule has 2 saturated heterocycles. The molecule has 25 heavy (non-hydrogen) atoms. The quantitative estimate of drug-likeness (QED) is 0.821. The predicted molar refractivity (Wildman–Crippen MR) is 90.6 cm³/mol. The molecule has 4 rings (SSSR count). The standard InChI is InChI=1S/C18H27N3O4/c1-20(2)10-14-5-6-18(24-14)11-21(7-8-23-12-18)17(22)15-9-16(25-19-15)13-3-4-13/h9,13-14H,3-8,10-12H2,1-2H3/t14-,18+/m1/s1. The number of aromatic nitrogens is 1. The first-order valence-corrected chi connectivity index (χ1v) is 9.21. The third kappa shape index (κ3) is 3.73. The number of likely N-dealkylation sites (N-methyl/N-ethyl adjacent to an activating group) is 1. The average molecular weight is 349 g/mol. The van der Waals surface area contributed by atoms with E-state index in [0.29, 0.717) is 37.9 Å². The number of ether oxygens (including phenoxy) is 2. The maximum absolute atomic E-state index is 12.9. The van der Waals surface area contributed by atoms with Crippen LogP contribution in [0.4, 0.5) is 0 Å². The Bertz CT molecular complexity index is 628. The highest BCUT2D eigenvalue weighted by Gasteiger charge is 2.44. The summed E-state index contributed by atoms with van der Waals surface area (Å²) in [5, 5.41) is 4.00. The second-order valence-corrected chi connectivity index (χ2v) is 7.89. The number of nitrogens with zero attached hydrogens (tertiary/aromatic N) is 3. The third-order valence-electron chi connectivity index (χ3n) is 5.27. The van der Waals surface area contributed by atoms with Gasteiger partial charge < -0.3 is 23.8 Å². The molecule has 2 aliphatic heterocycles. The van der Waals surface area contributed by atoms with Crippen molar-refractivity contribution in [3.8, 4) is 0 Å². The van der Waals surface area contributed by atoms with Gasteiger partial charge in [0.15, 0.2) is 5.69 Å². The summed E-state index contributed by atoms with van der Waals surface area (Å²) < 4.78 is 17.5. The van der Waals surface area contributed by atoms with E-state index < -0.39 is 5.60 Å². The Kier molecular flexibility index (Phi) is 4.56. The van der Waals surface area contributed by atoms with Crippen LogP contribution >= 0.6 is 0 Å². The van der Waals surface area contributed by atoms with Crippen LogP contribution in [0.15, 0.2) is 10.6 Å². The fraction of sp³-hybridized carbons (Fsp3) is 0.778. The molecule has 0 N–H and O–H groups in total. The van der Waals surface area contributed by atoms with Gasteiger partial charge in [-0.25, -0.2) is 0 Å². The highest BCUT2D eigenvalue weighted by molar-refractivity contribution is 5.92. The highest BCUT2D eigenvalue weighted by atomic mass is 16.6. The number of carbonyl (C=O) groups is 1. The minimum absolute atomic E-state index is 0.0832. The lowest BCUT2D eigenvalue weighted by Crippen LogP contribution is -2.47. The molecule has 0 bridgehead atoms. The zero-order valence-electron chi connectivity index (χ0n) is 15.1. The van der Waals surface area contributed by atoms with Crippen molar-refractivity contribution in [3.63, 3.8) is 0 Å². The molecule has 0 aromatic carbocycles. The molecule has 138 valence electrons. The Balaban J connectivity index is 1.45. The molecule has 7 heteroatoms. The first kappa shape index (κ1) is 17.0. The molecule has 1 aromatic heterocycles. The van der Waals surface area contributed by atoms with Gasteiger partial charge in [-0.15, -0.1) is 0 Å². The molecular weight excluding hydrogens is 322 g/mol. The van der Waals surface area contributed by atoms with E-state index in [4.69, 9.17) is 14.0 Å². The largest absolute Gasteiger partial charge is 0.377 e. The molecule has 2 atom stereocenters. The predicted octanol–water partition coefficient (Wildman–Crippen LogP) is 1.50. The van der Waals surface area contributed by atoms with Gasteiger partial charge >= 0.3 is 0 Å². The van der Waals surface area contributed by atoms with Crippen molar-refractivity contribution < 1.29 is 18.8 Å². The van der Waals surface area contributed by atoms with Gasteiger partial charge in [0.2, 0.25) is 0 Å². The second kappa shape index (κ2) is 6.70. The summed E-state index contributed by atoms with van der Waals surface area (Å²) >= 11 is 0. The van der Waals surface area contributed by atoms with Gasteiger partial charge in [0.25, 0.3) is 5.91 Å². The summed E-state index contributed by atoms with van der Waals surface area (Å²) in [5.74, 6) is 1.21. The number of amides is 1. The van der Waals surface area contributed by atoms with E-state index in [9.17, 15) is 4.79 Å². The molecule has 0 radical (unpaired) electrons. The summed E-state index contributed by atoms with van der Waals surface area (Å²) in [6.45, 7) is 3.09. The van der Waals surface area contributed by atoms with Crippen molar-refractivity contribution in [3.05, 3.63) is 17.5 Å². The van der Waals surface area contributed by atoms with Gasteiger partial charge in [0, 0.05) is 25.1 Å². The maximum atomic E-state index is 12.9. The minimum Gasteiger partial charge on any atom is -0.377 e. The SMILES string of the molecule is CN(C)C[C@H]1CC[C@]2(COCCN(C(=O)c3cc(C4CC4)on3)C2)O1. The normalized spacial score (nSPS) is 30.2. The van der Waals surface area contributed by atoms with Gasteiger partial charge in [-0.2, -0.15) is 0 Å². The molecular formula is C18H27N3O4. The molecule has 1 aliphatic carbocycles. The number of hydrogen-bond donors (Lipinski definition) is 0. The third-order valence-corrected chi connectivity index (χ3v) is 5.27. The van der Waals surface area contributed by atoms with Crippen LogP contribution in [-0.2, 0) is 9.47 Å². The van der Waals surface area contributed by atoms with Crippen LogP contribution in [0.1, 0.15) is 47.8 Å². The lowest BCUT2D eigenvalue weighted by molar-refractivity contribution is -0.0878. The van der Waals surface area contributed by atoms with Crippen LogP contribution in [0.25, 0.3) is 0 Å². The van der Waals surface area contributed by atoms with Crippen molar-refractivity contribution in [2.75, 3.05) is 46.9 Å². The Hall–Kier alpha value is -1.44. The first-order valence-electron chi connectivity index (χ1n) is 9.21. The van der Waals surface area contributed by atoms with Gasteiger partial charge in [0.1, 0.15) is 11.4 Å². The Morgan fingerprint density at radius 2 is 2.24 bits per heavy atom. The monoisotopic (exact) mass is 349 g/mol. The number of hydrogen-bond acceptors (Lipinski definition) is 6. The lowest BCUT2D eigenvalue weighted by atomic mass is 10.00. The van der Waals surface area contributed by atoms with E-state index in [1.807, 2.05) is 11.0 Å². The van der Waals surface area contributed by atoms with E-state index in [1.165, 1.54) is 0 Å². The number of carbonyl (C=O) groups excluding carboxylic acids is 1. The van der Waals surface area contributed by atoms with E-state index in [-0.39, 0.29) is 12.0 Å². The van der Waals surface area contributed by atoms with Gasteiger partial charge in [-0.05, 0) is 39.8 Å². The summed E-state index contributed by atoms with van der Waals surface area (Å²) in [6.07, 6.45) is 4.37. The van der Waals surface area contributed by atoms with E-state index in [0.717, 1.165) is 38.0 Å². The second-order valence-electron chi connectivity index (χ2n) is 7.89. The van der Waals surface area contributed by atoms with Crippen LogP contribution < -0.4 is 0 Å². The summed E-state index contributed by atoms with van der Waals surface area (Å²) in [4.78, 5) is 16.8. The highest BCUT2D eigenvalue weighted by Crippen LogP contribution is 2.40. The Labute approximate surface area is 148 Å². The molecule has 3 aliphatic rings. The van der Waals surface area contributed by atoms with Crippen molar-refractivity contribution in [1.82, 2.24) is 15.0 Å². The Morgan fingerprint density at radius 1 is 1.40 bits per heavy atom. The average Bonchev–Trinajstić information content (AvgIpc) is 3.24. The zero-order valence-corrected chi connectivity index (χ0v) is 15.1. The van der Waals surface area contributed by atoms with Crippen LogP contribution in [0.5, 0.6) is 0 Å². The zero-order chi connectivity index (χ0) is 17.4. The lowest BCUT2D eigenvalue weighted by Gasteiger charge is -2.32. The van der Waals surface area contributed by atoms with Crippen molar-refractivity contribution in [1.29, 1.82) is 0 Å². The fourth-order valence-corrected chi connectivity index (χ4v) is 3.84. The molecule has 1 amide bonds. The summed E-state index contributed by atoms with van der Waals surface area (Å²) in [5.41, 5.74) is 0.0115. The summed E-state index contributed by atoms with van der Waals surface area (Å²) in [6, 6.07) is 1.81. The molecule has 1 saturated carbocycles. The maximum Gasteiger partial charge on any atom is 0.276 e. The van der Waals surface area contributed by atoms with Crippen LogP contribution in [0.2, 0.25) is 0 Å². The Morgan fingerprint density at radius 3 is 3.00 bits per heavy atom. The molecule has 3 fully saturated rings. The van der Waals surface area contributed by atoms with E-state index >= 15 is 0 Å². The topological polar surface area (TPSA) is 68.0 Å². The smallest absolute Gasteiger partial charge is 0.276 e. The van der Waals surface area contributed by atoms with Crippen LogP contribution in [-0.4, -0.2) is 79.5 Å². The minimum atomic E-state index is -0.393. The molecule has 3 heterocycles. The van der Waals surface area contributed by atoms with Gasteiger partial charge in [-0.1, -0.05) is 5.16 Å². The van der Waals surface area contributed by atoms with E-state index in [2.05, 4.69) is 24.2 Å². The van der Waals surface area contributed by atoms with Crippen LogP contribution in [0, 0.1) is 0 Å². The molecule has 1 aromatic rings. The summed E-state index contributed by atoms with van der Waals surface area (Å²) in [7, 11) is 4.10. The van der Waals surface area contributed by atoms with Crippen LogP contribution in [0.3, 0.4) is 0 Å².